The molecule has 58 heavy (non-hydrogen) atoms. The summed E-state index contributed by atoms with van der Waals surface area (Å²) in [6.07, 6.45) is 3.33. The van der Waals surface area contributed by atoms with Gasteiger partial charge in [0.15, 0.2) is 23.8 Å². The van der Waals surface area contributed by atoms with Crippen molar-refractivity contribution in [3.63, 3.8) is 0 Å². The number of hydrogen-bond donors (Lipinski definition) is 15. The van der Waals surface area contributed by atoms with E-state index in [1.807, 2.05) is 13.8 Å². The predicted octanol–water partition coefficient (Wildman–Crippen LogP) is -5.63. The van der Waals surface area contributed by atoms with Gasteiger partial charge in [-0.1, -0.05) is 13.8 Å². The maximum Gasteiger partial charge on any atom is 0.243 e. The molecule has 0 saturated heterocycles. The van der Waals surface area contributed by atoms with E-state index in [1.165, 1.54) is 0 Å². The molecular formula is C34H71N19O5. The molecule has 0 spiro atoms. The van der Waals surface area contributed by atoms with Gasteiger partial charge < -0.3 is 83.9 Å². The third kappa shape index (κ3) is 26.2. The molecule has 0 aliphatic rings. The number of nitrogens with one attached hydrogen (secondary N) is 5. The number of hydrogen-bond acceptors (Lipinski definition) is 11. The first-order valence-electron chi connectivity index (χ1n) is 19.5. The summed E-state index contributed by atoms with van der Waals surface area (Å²) in [6, 6.07) is -5.45. The summed E-state index contributed by atoms with van der Waals surface area (Å²) in [7, 11) is 0. The van der Waals surface area contributed by atoms with Gasteiger partial charge in [0.2, 0.25) is 29.5 Å². The molecule has 0 aliphatic heterocycles. The number of unbranched alkanes of at least 4 members (excludes halogenated alkanes) is 1. The Balaban J connectivity index is 6.39. The minimum Gasteiger partial charge on any atom is -0.370 e. The van der Waals surface area contributed by atoms with Gasteiger partial charge in [-0.3, -0.25) is 43.9 Å². The lowest BCUT2D eigenvalue weighted by atomic mass is 10.0. The summed E-state index contributed by atoms with van der Waals surface area (Å²) >= 11 is 0. The Morgan fingerprint density at radius 1 is 0.466 bits per heavy atom. The van der Waals surface area contributed by atoms with Crippen LogP contribution in [0.25, 0.3) is 0 Å². The SMILES string of the molecule is CC(C)C[C@@H](NC(=O)[C@@H](N)CCCN=C(N)N)C(=O)N[C@@H](CCCN=C(N)N)C(=O)N[C@@H](CCCN=C(N)N)C(=O)N[C@H](CCCN=C(N)N)C(=O)NCCCCN. The number of aliphatic imine (C=N–C) groups is 4. The molecule has 5 atom stereocenters. The fourth-order valence-electron chi connectivity index (χ4n) is 5.37. The van der Waals surface area contributed by atoms with Crippen molar-refractivity contribution in [3.05, 3.63) is 0 Å². The minimum atomic E-state index is -1.21. The molecule has 0 aromatic rings. The lowest BCUT2D eigenvalue weighted by molar-refractivity contribution is -0.135. The smallest absolute Gasteiger partial charge is 0.243 e. The van der Waals surface area contributed by atoms with E-state index in [9.17, 15) is 24.0 Å². The third-order valence-electron chi connectivity index (χ3n) is 8.31. The molecule has 0 bridgehead atoms. The zero-order valence-corrected chi connectivity index (χ0v) is 34.1. The average Bonchev–Trinajstić information content (AvgIpc) is 3.14. The van der Waals surface area contributed by atoms with Crippen molar-refractivity contribution in [3.8, 4) is 0 Å². The molecule has 0 saturated carbocycles. The van der Waals surface area contributed by atoms with Crippen LogP contribution < -0.4 is 83.9 Å². The Bertz CT molecular complexity index is 1370. The number of carbonyl (C=O) groups is 5. The van der Waals surface area contributed by atoms with Gasteiger partial charge >= 0.3 is 0 Å². The van der Waals surface area contributed by atoms with Gasteiger partial charge in [0.05, 0.1) is 6.04 Å². The van der Waals surface area contributed by atoms with Gasteiger partial charge in [-0.25, -0.2) is 0 Å². The Hall–Kier alpha value is -5.65. The number of guanidine groups is 4. The lowest BCUT2D eigenvalue weighted by Gasteiger charge is -2.27. The van der Waals surface area contributed by atoms with Gasteiger partial charge in [0.1, 0.15) is 24.2 Å². The van der Waals surface area contributed by atoms with Crippen molar-refractivity contribution in [2.45, 2.75) is 115 Å². The van der Waals surface area contributed by atoms with E-state index < -0.39 is 59.7 Å². The number of rotatable bonds is 31. The first-order valence-corrected chi connectivity index (χ1v) is 19.5. The molecule has 332 valence electrons. The molecular weight excluding hydrogens is 755 g/mol. The van der Waals surface area contributed by atoms with Gasteiger partial charge in [-0.05, 0) is 83.1 Å². The molecule has 0 unspecified atom stereocenters. The monoisotopic (exact) mass is 826 g/mol. The fourth-order valence-corrected chi connectivity index (χ4v) is 5.37. The van der Waals surface area contributed by atoms with Crippen molar-refractivity contribution >= 4 is 53.4 Å². The standard InChI is InChI=1S/C34H71N19O5/c1-20(2)19-25(53-26(54)21(36)9-5-15-46-31(37)38)30(58)52-24(12-8-18-49-34(43)44)29(57)51-23(11-7-17-48-33(41)42)28(56)50-22(10-6-16-47-32(39)40)27(55)45-14-4-3-13-35/h20-25H,3-19,35-36H2,1-2H3,(H,45,55)(H,50,56)(H,51,57)(H,52,58)(H,53,54)(H4,37,38,46)(H4,39,40,47)(H4,41,42,48)(H4,43,44,49)/t21-,22+,23-,24-,25+/m0/s1. The van der Waals surface area contributed by atoms with E-state index in [0.717, 1.165) is 0 Å². The second kappa shape index (κ2) is 30.5. The second-order valence-electron chi connectivity index (χ2n) is 14.1. The van der Waals surface area contributed by atoms with E-state index in [-0.39, 0.29) is 101 Å². The molecule has 5 amide bonds. The zero-order chi connectivity index (χ0) is 44.0. The highest BCUT2D eigenvalue weighted by Gasteiger charge is 2.32. The Morgan fingerprint density at radius 3 is 1.17 bits per heavy atom. The molecule has 25 N–H and O–H groups in total. The van der Waals surface area contributed by atoms with Crippen LogP contribution in [0.15, 0.2) is 20.0 Å². The molecule has 0 aromatic heterocycles. The largest absolute Gasteiger partial charge is 0.370 e. The quantitative estimate of drug-likeness (QED) is 0.0176. The Morgan fingerprint density at radius 2 is 0.810 bits per heavy atom. The molecule has 0 heterocycles. The lowest BCUT2D eigenvalue weighted by Crippen LogP contribution is -2.59. The minimum absolute atomic E-state index is 0.0436. The van der Waals surface area contributed by atoms with Crippen LogP contribution in [0.5, 0.6) is 0 Å². The summed E-state index contributed by atoms with van der Waals surface area (Å²) in [5.41, 5.74) is 55.2. The van der Waals surface area contributed by atoms with Gasteiger partial charge in [-0.15, -0.1) is 0 Å². The highest BCUT2D eigenvalue weighted by atomic mass is 16.2. The summed E-state index contributed by atoms with van der Waals surface area (Å²) in [5, 5.41) is 13.7. The first-order chi connectivity index (χ1) is 27.4. The van der Waals surface area contributed by atoms with E-state index in [1.54, 1.807) is 0 Å². The van der Waals surface area contributed by atoms with Crippen LogP contribution in [0.3, 0.4) is 0 Å². The molecule has 0 fully saturated rings. The topological polar surface area (TPSA) is 455 Å². The second-order valence-corrected chi connectivity index (χ2v) is 14.1. The number of nitrogens with zero attached hydrogens (tertiary/aromatic N) is 4. The van der Waals surface area contributed by atoms with Crippen LogP contribution in [0.4, 0.5) is 0 Å². The maximum absolute atomic E-state index is 14.0. The summed E-state index contributed by atoms with van der Waals surface area (Å²) < 4.78 is 0. The Kier molecular flexibility index (Phi) is 27.5. The van der Waals surface area contributed by atoms with Crippen molar-refractivity contribution < 1.29 is 24.0 Å². The highest BCUT2D eigenvalue weighted by molar-refractivity contribution is 5.96. The maximum atomic E-state index is 14.0. The molecule has 24 heteroatoms. The van der Waals surface area contributed by atoms with Crippen LogP contribution >= 0.6 is 0 Å². The molecule has 0 rings (SSSR count). The number of amides is 5. The highest BCUT2D eigenvalue weighted by Crippen LogP contribution is 2.10. The van der Waals surface area contributed by atoms with E-state index >= 15 is 0 Å². The fraction of sp³-hybridized carbons (Fsp3) is 0.735. The molecule has 0 radical (unpaired) electrons. The van der Waals surface area contributed by atoms with Crippen molar-refractivity contribution in [1.29, 1.82) is 0 Å². The van der Waals surface area contributed by atoms with Crippen LogP contribution in [-0.2, 0) is 24.0 Å². The third-order valence-corrected chi connectivity index (χ3v) is 8.31. The summed E-state index contributed by atoms with van der Waals surface area (Å²) in [6.45, 7) is 5.26. The molecule has 24 nitrogen and oxygen atoms in total. The average molecular weight is 826 g/mol. The normalized spacial score (nSPS) is 13.3. The van der Waals surface area contributed by atoms with Crippen molar-refractivity contribution in [2.75, 3.05) is 39.3 Å². The predicted molar refractivity (Wildman–Crippen MR) is 226 cm³/mol. The van der Waals surface area contributed by atoms with E-state index in [0.29, 0.717) is 38.8 Å². The van der Waals surface area contributed by atoms with Crippen molar-refractivity contribution in [2.24, 2.45) is 83.2 Å². The summed E-state index contributed by atoms with van der Waals surface area (Å²) in [5.74, 6) is -3.64. The molecule has 0 aromatic carbocycles. The number of carbonyl (C=O) groups excluding carboxylic acids is 5. The van der Waals surface area contributed by atoms with Crippen LogP contribution in [0.1, 0.15) is 84.5 Å². The summed E-state index contributed by atoms with van der Waals surface area (Å²) in [4.78, 5) is 83.7. The van der Waals surface area contributed by atoms with Gasteiger partial charge in [0.25, 0.3) is 0 Å². The van der Waals surface area contributed by atoms with Crippen LogP contribution in [0, 0.1) is 5.92 Å². The molecule has 0 aliphatic carbocycles. The van der Waals surface area contributed by atoms with Gasteiger partial charge in [0, 0.05) is 32.7 Å². The van der Waals surface area contributed by atoms with Crippen LogP contribution in [0.2, 0.25) is 0 Å². The van der Waals surface area contributed by atoms with Gasteiger partial charge in [-0.2, -0.15) is 0 Å². The number of nitrogens with two attached hydrogens (primary N) is 10. The zero-order valence-electron chi connectivity index (χ0n) is 34.1. The van der Waals surface area contributed by atoms with Crippen LogP contribution in [-0.4, -0.2) is 123 Å². The van der Waals surface area contributed by atoms with E-state index in [2.05, 4.69) is 46.6 Å². The first kappa shape index (κ1) is 52.3. The van der Waals surface area contributed by atoms with E-state index in [4.69, 9.17) is 57.3 Å². The Labute approximate surface area is 340 Å². The van der Waals surface area contributed by atoms with Crippen molar-refractivity contribution in [1.82, 2.24) is 26.6 Å².